The second kappa shape index (κ2) is 8.95. The molecule has 5 rings (SSSR count). The number of allylic oxidation sites excluding steroid dienone is 15. The van der Waals surface area contributed by atoms with Crippen LogP contribution in [0.3, 0.4) is 0 Å². The number of carbonyl (C=O) groups is 1. The van der Waals surface area contributed by atoms with Gasteiger partial charge in [0.1, 0.15) is 18.1 Å². The maximum atomic E-state index is 12.9. The van der Waals surface area contributed by atoms with Gasteiger partial charge in [-0.1, -0.05) is 66.8 Å². The van der Waals surface area contributed by atoms with Gasteiger partial charge in [-0.3, -0.25) is 4.79 Å². The smallest absolute Gasteiger partial charge is 0.163 e. The number of benzene rings is 1. The zero-order valence-corrected chi connectivity index (χ0v) is 18.4. The molecule has 2 unspecified atom stereocenters. The third-order valence-corrected chi connectivity index (χ3v) is 6.34. The molecule has 0 heterocycles. The lowest BCUT2D eigenvalue weighted by molar-refractivity contribution is -0.115. The number of ether oxygens (including phenoxy) is 1. The number of phenols is 1. The second-order valence-electron chi connectivity index (χ2n) is 8.73. The maximum Gasteiger partial charge on any atom is 0.163 e. The molecular formula is C30H26O3. The quantitative estimate of drug-likeness (QED) is 0.551. The van der Waals surface area contributed by atoms with Crippen LogP contribution in [0.2, 0.25) is 0 Å². The first-order chi connectivity index (χ1) is 16.0. The van der Waals surface area contributed by atoms with Crippen LogP contribution in [0.25, 0.3) is 0 Å². The van der Waals surface area contributed by atoms with Crippen LogP contribution in [-0.2, 0) is 4.79 Å². The Morgan fingerprint density at radius 2 is 1.76 bits per heavy atom. The summed E-state index contributed by atoms with van der Waals surface area (Å²) in [7, 11) is 0. The highest BCUT2D eigenvalue weighted by Gasteiger charge is 2.23. The minimum atomic E-state index is 0.160. The zero-order chi connectivity index (χ0) is 22.8. The molecule has 0 bridgehead atoms. The van der Waals surface area contributed by atoms with Crippen LogP contribution >= 0.6 is 0 Å². The Morgan fingerprint density at radius 1 is 0.939 bits per heavy atom. The number of fused-ring (bicyclic) bond motifs is 2. The van der Waals surface area contributed by atoms with Crippen molar-refractivity contribution in [3.8, 4) is 11.5 Å². The number of aromatic hydroxyl groups is 1. The van der Waals surface area contributed by atoms with Gasteiger partial charge in [-0.05, 0) is 65.1 Å². The topological polar surface area (TPSA) is 46.5 Å². The fourth-order valence-corrected chi connectivity index (χ4v) is 4.55. The molecule has 0 aliphatic heterocycles. The lowest BCUT2D eigenvalue weighted by atomic mass is 9.81. The van der Waals surface area contributed by atoms with Gasteiger partial charge in [0.25, 0.3) is 0 Å². The average Bonchev–Trinajstić information content (AvgIpc) is 3.24. The molecule has 1 N–H and O–H groups in total. The van der Waals surface area contributed by atoms with Gasteiger partial charge >= 0.3 is 0 Å². The lowest BCUT2D eigenvalue weighted by Gasteiger charge is -2.22. The van der Waals surface area contributed by atoms with E-state index in [9.17, 15) is 9.90 Å². The monoisotopic (exact) mass is 434 g/mol. The summed E-state index contributed by atoms with van der Waals surface area (Å²) >= 11 is 0. The van der Waals surface area contributed by atoms with Crippen LogP contribution in [0, 0.1) is 11.8 Å². The van der Waals surface area contributed by atoms with E-state index in [1.807, 2.05) is 24.3 Å². The van der Waals surface area contributed by atoms with Gasteiger partial charge in [-0.15, -0.1) is 0 Å². The third-order valence-electron chi connectivity index (χ3n) is 6.34. The van der Waals surface area contributed by atoms with E-state index in [0.29, 0.717) is 13.0 Å². The second-order valence-corrected chi connectivity index (χ2v) is 8.73. The number of hydrogen-bond acceptors (Lipinski definition) is 3. The molecule has 1 aromatic rings. The van der Waals surface area contributed by atoms with Gasteiger partial charge in [0, 0.05) is 23.8 Å². The van der Waals surface area contributed by atoms with E-state index in [2.05, 4.69) is 49.1 Å². The van der Waals surface area contributed by atoms with Gasteiger partial charge in [0.05, 0.1) is 0 Å². The van der Waals surface area contributed by atoms with Crippen LogP contribution < -0.4 is 4.74 Å². The minimum absolute atomic E-state index is 0.160. The molecule has 3 heteroatoms. The Morgan fingerprint density at radius 3 is 2.61 bits per heavy atom. The summed E-state index contributed by atoms with van der Waals surface area (Å²) in [6.45, 7) is 4.63. The summed E-state index contributed by atoms with van der Waals surface area (Å²) in [6, 6.07) is 6.75. The van der Waals surface area contributed by atoms with Crippen LogP contribution in [0.5, 0.6) is 11.5 Å². The maximum absolute atomic E-state index is 12.9. The normalized spacial score (nSPS) is 22.5. The number of phenolic OH excluding ortho intramolecular Hbond substituents is 1. The molecule has 0 amide bonds. The Kier molecular flexibility index (Phi) is 5.70. The average molecular weight is 435 g/mol. The first kappa shape index (κ1) is 21.0. The van der Waals surface area contributed by atoms with Crippen molar-refractivity contribution in [2.45, 2.75) is 12.8 Å². The van der Waals surface area contributed by atoms with E-state index in [4.69, 9.17) is 4.74 Å². The summed E-state index contributed by atoms with van der Waals surface area (Å²) in [5, 5.41) is 9.38. The number of Topliss-reactive ketones (excluding diaryl/α,β-unsaturated/α-hetero) is 1. The molecule has 0 saturated heterocycles. The predicted octanol–water partition coefficient (Wildman–Crippen LogP) is 6.26. The van der Waals surface area contributed by atoms with Crippen LogP contribution in [0.4, 0.5) is 0 Å². The highest BCUT2D eigenvalue weighted by Crippen LogP contribution is 2.35. The SMILES string of the molecule is C=C1C=C(C(=O)CCC2=CC3C=C(COc4ccc(O)cc4)C=CC3=C2)C=C2C=CC=CC12. The molecule has 0 aromatic heterocycles. The molecule has 0 saturated carbocycles. The van der Waals surface area contributed by atoms with Crippen LogP contribution in [0.15, 0.2) is 131 Å². The third kappa shape index (κ3) is 4.68. The van der Waals surface area contributed by atoms with E-state index in [0.717, 1.165) is 34.5 Å². The van der Waals surface area contributed by atoms with Crippen molar-refractivity contribution in [3.63, 3.8) is 0 Å². The Bertz CT molecular complexity index is 1240. The van der Waals surface area contributed by atoms with Crippen LogP contribution in [-0.4, -0.2) is 17.5 Å². The molecule has 33 heavy (non-hydrogen) atoms. The summed E-state index contributed by atoms with van der Waals surface area (Å²) < 4.78 is 5.83. The Balaban J connectivity index is 1.18. The van der Waals surface area contributed by atoms with Gasteiger partial charge in [0.15, 0.2) is 5.78 Å². The summed E-state index contributed by atoms with van der Waals surface area (Å²) in [5.41, 5.74) is 6.43. The van der Waals surface area contributed by atoms with Gasteiger partial charge in [-0.25, -0.2) is 0 Å². The van der Waals surface area contributed by atoms with E-state index >= 15 is 0 Å². The summed E-state index contributed by atoms with van der Waals surface area (Å²) in [6.07, 6.45) is 24.2. The highest BCUT2D eigenvalue weighted by atomic mass is 16.5. The van der Waals surface area contributed by atoms with E-state index in [1.54, 1.807) is 24.3 Å². The lowest BCUT2D eigenvalue weighted by Crippen LogP contribution is -2.12. The first-order valence-electron chi connectivity index (χ1n) is 11.3. The number of hydrogen-bond donors (Lipinski definition) is 1. The molecule has 1 aromatic carbocycles. The summed E-state index contributed by atoms with van der Waals surface area (Å²) in [4.78, 5) is 12.9. The van der Waals surface area contributed by atoms with Crippen molar-refractivity contribution in [2.24, 2.45) is 11.8 Å². The van der Waals surface area contributed by atoms with Gasteiger partial charge in [-0.2, -0.15) is 0 Å². The van der Waals surface area contributed by atoms with Gasteiger partial charge < -0.3 is 9.84 Å². The number of ketones is 1. The molecular weight excluding hydrogens is 408 g/mol. The molecule has 0 radical (unpaired) electrons. The number of rotatable bonds is 7. The molecule has 4 aliphatic carbocycles. The van der Waals surface area contributed by atoms with E-state index in [-0.39, 0.29) is 23.4 Å². The largest absolute Gasteiger partial charge is 0.508 e. The molecule has 2 atom stereocenters. The zero-order valence-electron chi connectivity index (χ0n) is 18.4. The van der Waals surface area contributed by atoms with Crippen molar-refractivity contribution >= 4 is 5.78 Å². The Labute approximate surface area is 194 Å². The van der Waals surface area contributed by atoms with Crippen molar-refractivity contribution in [1.82, 2.24) is 0 Å². The van der Waals surface area contributed by atoms with Crippen LogP contribution in [0.1, 0.15) is 12.8 Å². The van der Waals surface area contributed by atoms with Crippen molar-refractivity contribution in [1.29, 1.82) is 0 Å². The fraction of sp³-hybridized carbons (Fsp3) is 0.167. The van der Waals surface area contributed by atoms with Crippen molar-refractivity contribution < 1.29 is 14.6 Å². The van der Waals surface area contributed by atoms with E-state index < -0.39 is 0 Å². The first-order valence-corrected chi connectivity index (χ1v) is 11.3. The summed E-state index contributed by atoms with van der Waals surface area (Å²) in [5.74, 6) is 1.54. The predicted molar refractivity (Wildman–Crippen MR) is 132 cm³/mol. The fourth-order valence-electron chi connectivity index (χ4n) is 4.55. The standard InChI is InChI=1S/C30H26O3/c1-20-14-26(18-24-4-2-3-5-29(20)24)30(32)13-7-21-15-23-8-6-22(17-25(23)16-21)19-33-28-11-9-27(31)10-12-28/h2-6,8-12,14-18,25,29,31H,1,7,13,19H2. The van der Waals surface area contributed by atoms with Gasteiger partial charge in [0.2, 0.25) is 0 Å². The van der Waals surface area contributed by atoms with Crippen molar-refractivity contribution in [3.05, 3.63) is 131 Å². The van der Waals surface area contributed by atoms with E-state index in [1.165, 1.54) is 11.1 Å². The minimum Gasteiger partial charge on any atom is -0.508 e. The molecule has 0 spiro atoms. The molecule has 4 aliphatic rings. The molecule has 0 fully saturated rings. The molecule has 164 valence electrons. The molecule has 3 nitrogen and oxygen atoms in total. The van der Waals surface area contributed by atoms with Crippen molar-refractivity contribution in [2.75, 3.05) is 6.61 Å². The Hall–Kier alpha value is -3.85. The highest BCUT2D eigenvalue weighted by molar-refractivity contribution is 5.99. The number of carbonyl (C=O) groups excluding carboxylic acids is 1.